The zero-order valence-corrected chi connectivity index (χ0v) is 9.11. The normalized spacial score (nSPS) is 10.9. The van der Waals surface area contributed by atoms with Crippen LogP contribution in [0.15, 0.2) is 0 Å². The largest absolute Gasteiger partial charge is 0.303 e. The molecule has 0 radical (unpaired) electrons. The topological polar surface area (TPSA) is 40.6 Å². The maximum absolute atomic E-state index is 10.3. The molecule has 0 aromatic heterocycles. The van der Waals surface area contributed by atoms with Crippen LogP contribution in [-0.4, -0.2) is 61.6 Å². The lowest BCUT2D eigenvalue weighted by Crippen LogP contribution is -2.36. The van der Waals surface area contributed by atoms with Crippen LogP contribution in [0.3, 0.4) is 0 Å². The van der Waals surface area contributed by atoms with Gasteiger partial charge in [0.1, 0.15) is 12.6 Å². The molecule has 0 aliphatic carbocycles. The molecule has 0 aromatic carbocycles. The standard InChI is InChI=1S/C10H20N2O2/c1-3-11(4-2)5-6-12(7-9-13)8-10-14/h9-10H,3-8H2,1-2H3. The fourth-order valence-electron chi connectivity index (χ4n) is 1.29. The minimum atomic E-state index is 0.347. The molecule has 0 fully saturated rings. The van der Waals surface area contributed by atoms with Crippen molar-refractivity contribution < 1.29 is 9.59 Å². The third kappa shape index (κ3) is 5.83. The third-order valence-electron chi connectivity index (χ3n) is 2.29. The molecule has 0 aliphatic rings. The second-order valence-corrected chi connectivity index (χ2v) is 3.12. The third-order valence-corrected chi connectivity index (χ3v) is 2.29. The molecule has 0 atom stereocenters. The minimum Gasteiger partial charge on any atom is -0.303 e. The molecule has 0 N–H and O–H groups in total. The Balaban J connectivity index is 3.77. The Labute approximate surface area is 85.9 Å². The predicted molar refractivity (Wildman–Crippen MR) is 56.4 cm³/mol. The molecule has 4 nitrogen and oxygen atoms in total. The molecule has 0 rings (SSSR count). The van der Waals surface area contributed by atoms with Gasteiger partial charge in [0.25, 0.3) is 0 Å². The van der Waals surface area contributed by atoms with Crippen molar-refractivity contribution in [3.63, 3.8) is 0 Å². The van der Waals surface area contributed by atoms with Crippen LogP contribution < -0.4 is 0 Å². The van der Waals surface area contributed by atoms with Crippen LogP contribution in [0.5, 0.6) is 0 Å². The molecule has 14 heavy (non-hydrogen) atoms. The first-order valence-electron chi connectivity index (χ1n) is 5.10. The smallest absolute Gasteiger partial charge is 0.133 e. The van der Waals surface area contributed by atoms with E-state index in [2.05, 4.69) is 18.7 Å². The average molecular weight is 200 g/mol. The highest BCUT2D eigenvalue weighted by Gasteiger charge is 2.05. The van der Waals surface area contributed by atoms with Gasteiger partial charge < -0.3 is 14.5 Å². The van der Waals surface area contributed by atoms with E-state index in [1.807, 2.05) is 4.90 Å². The molecule has 0 spiro atoms. The maximum atomic E-state index is 10.3. The van der Waals surface area contributed by atoms with Crippen LogP contribution in [-0.2, 0) is 9.59 Å². The first-order chi connectivity index (χ1) is 6.78. The van der Waals surface area contributed by atoms with Gasteiger partial charge in [-0.3, -0.25) is 4.90 Å². The average Bonchev–Trinajstić information content (AvgIpc) is 2.20. The Morgan fingerprint density at radius 1 is 0.857 bits per heavy atom. The molecule has 0 heterocycles. The summed E-state index contributed by atoms with van der Waals surface area (Å²) in [6.07, 6.45) is 1.68. The summed E-state index contributed by atoms with van der Waals surface area (Å²) in [5.41, 5.74) is 0. The summed E-state index contributed by atoms with van der Waals surface area (Å²) in [6, 6.07) is 0. The summed E-state index contributed by atoms with van der Waals surface area (Å²) < 4.78 is 0. The summed E-state index contributed by atoms with van der Waals surface area (Å²) in [4.78, 5) is 24.7. The number of nitrogens with zero attached hydrogens (tertiary/aromatic N) is 2. The number of carbonyl (C=O) groups is 2. The van der Waals surface area contributed by atoms with E-state index in [1.54, 1.807) is 0 Å². The highest BCUT2D eigenvalue weighted by Crippen LogP contribution is 1.90. The second kappa shape index (κ2) is 8.84. The van der Waals surface area contributed by atoms with E-state index in [0.717, 1.165) is 38.8 Å². The molecule has 0 unspecified atom stereocenters. The van der Waals surface area contributed by atoms with Crippen LogP contribution in [0.1, 0.15) is 13.8 Å². The molecule has 0 bridgehead atoms. The summed E-state index contributed by atoms with van der Waals surface area (Å²) in [7, 11) is 0. The number of rotatable bonds is 9. The van der Waals surface area contributed by atoms with Gasteiger partial charge in [0, 0.05) is 13.1 Å². The first-order valence-corrected chi connectivity index (χ1v) is 5.10. The minimum absolute atomic E-state index is 0.347. The molecule has 0 amide bonds. The zero-order chi connectivity index (χ0) is 10.8. The molecule has 0 aliphatic heterocycles. The van der Waals surface area contributed by atoms with Gasteiger partial charge in [0.05, 0.1) is 13.1 Å². The van der Waals surface area contributed by atoms with Crippen molar-refractivity contribution in [3.05, 3.63) is 0 Å². The SMILES string of the molecule is CCN(CC)CCN(CC=O)CC=O. The van der Waals surface area contributed by atoms with E-state index in [9.17, 15) is 9.59 Å². The Bertz CT molecular complexity index is 148. The van der Waals surface area contributed by atoms with Crippen molar-refractivity contribution in [2.45, 2.75) is 13.8 Å². The van der Waals surface area contributed by atoms with Crippen LogP contribution in [0.4, 0.5) is 0 Å². The predicted octanol–water partition coefficient (Wildman–Crippen LogP) is 0.0280. The monoisotopic (exact) mass is 200 g/mol. The van der Waals surface area contributed by atoms with E-state index in [1.165, 1.54) is 0 Å². The molecular formula is C10H20N2O2. The Hall–Kier alpha value is -0.740. The molecule has 0 saturated heterocycles. The lowest BCUT2D eigenvalue weighted by Gasteiger charge is -2.23. The number of likely N-dealkylation sites (N-methyl/N-ethyl adjacent to an activating group) is 1. The van der Waals surface area contributed by atoms with Crippen molar-refractivity contribution >= 4 is 12.6 Å². The van der Waals surface area contributed by atoms with Gasteiger partial charge in [-0.15, -0.1) is 0 Å². The van der Waals surface area contributed by atoms with Crippen LogP contribution in [0.2, 0.25) is 0 Å². The van der Waals surface area contributed by atoms with E-state index < -0.39 is 0 Å². The van der Waals surface area contributed by atoms with Gasteiger partial charge >= 0.3 is 0 Å². The molecule has 4 heteroatoms. The van der Waals surface area contributed by atoms with Gasteiger partial charge in [-0.1, -0.05) is 13.8 Å². The summed E-state index contributed by atoms with van der Waals surface area (Å²) in [5, 5.41) is 0. The Morgan fingerprint density at radius 2 is 1.29 bits per heavy atom. The lowest BCUT2D eigenvalue weighted by molar-refractivity contribution is -0.111. The van der Waals surface area contributed by atoms with E-state index in [4.69, 9.17) is 0 Å². The Kier molecular flexibility index (Phi) is 8.37. The van der Waals surface area contributed by atoms with Crippen molar-refractivity contribution in [3.8, 4) is 0 Å². The van der Waals surface area contributed by atoms with Gasteiger partial charge in [-0.25, -0.2) is 0 Å². The van der Waals surface area contributed by atoms with Crippen molar-refractivity contribution in [1.82, 2.24) is 9.80 Å². The van der Waals surface area contributed by atoms with Gasteiger partial charge in [-0.05, 0) is 13.1 Å². The fourth-order valence-corrected chi connectivity index (χ4v) is 1.29. The second-order valence-electron chi connectivity index (χ2n) is 3.12. The maximum Gasteiger partial charge on any atom is 0.133 e. The van der Waals surface area contributed by atoms with Gasteiger partial charge in [0.2, 0.25) is 0 Å². The molecule has 82 valence electrons. The highest BCUT2D eigenvalue weighted by atomic mass is 16.1. The highest BCUT2D eigenvalue weighted by molar-refractivity contribution is 5.56. The van der Waals surface area contributed by atoms with Crippen LogP contribution >= 0.6 is 0 Å². The number of aldehydes is 2. The van der Waals surface area contributed by atoms with E-state index in [-0.39, 0.29) is 0 Å². The molecule has 0 saturated carbocycles. The van der Waals surface area contributed by atoms with Gasteiger partial charge in [0.15, 0.2) is 0 Å². The zero-order valence-electron chi connectivity index (χ0n) is 9.11. The summed E-state index contributed by atoms with van der Waals surface area (Å²) in [6.45, 7) is 8.60. The van der Waals surface area contributed by atoms with Crippen molar-refractivity contribution in [2.24, 2.45) is 0 Å². The molecule has 0 aromatic rings. The lowest BCUT2D eigenvalue weighted by atomic mass is 10.4. The van der Waals surface area contributed by atoms with Crippen molar-refractivity contribution in [1.29, 1.82) is 0 Å². The van der Waals surface area contributed by atoms with E-state index in [0.29, 0.717) is 13.1 Å². The Morgan fingerprint density at radius 3 is 1.64 bits per heavy atom. The fraction of sp³-hybridized carbons (Fsp3) is 0.800. The number of hydrogen-bond acceptors (Lipinski definition) is 4. The van der Waals surface area contributed by atoms with Crippen molar-refractivity contribution in [2.75, 3.05) is 39.3 Å². The van der Waals surface area contributed by atoms with Gasteiger partial charge in [-0.2, -0.15) is 0 Å². The first kappa shape index (κ1) is 13.3. The van der Waals surface area contributed by atoms with Crippen LogP contribution in [0.25, 0.3) is 0 Å². The molecular weight excluding hydrogens is 180 g/mol. The number of carbonyl (C=O) groups excluding carboxylic acids is 2. The summed E-state index contributed by atoms with van der Waals surface area (Å²) >= 11 is 0. The number of hydrogen-bond donors (Lipinski definition) is 0. The van der Waals surface area contributed by atoms with E-state index >= 15 is 0 Å². The summed E-state index contributed by atoms with van der Waals surface area (Å²) in [5.74, 6) is 0. The quantitative estimate of drug-likeness (QED) is 0.492. The van der Waals surface area contributed by atoms with Crippen LogP contribution in [0, 0.1) is 0 Å².